The first kappa shape index (κ1) is 12.9. The summed E-state index contributed by atoms with van der Waals surface area (Å²) in [6.07, 6.45) is 9.42. The fourth-order valence-electron chi connectivity index (χ4n) is 2.83. The van der Waals surface area contributed by atoms with Gasteiger partial charge in [0, 0.05) is 19.0 Å². The molecule has 3 heteroatoms. The van der Waals surface area contributed by atoms with Gasteiger partial charge in [0.1, 0.15) is 0 Å². The van der Waals surface area contributed by atoms with E-state index in [1.165, 1.54) is 38.5 Å². The molecule has 0 spiro atoms. The van der Waals surface area contributed by atoms with Crippen LogP contribution in [0.25, 0.3) is 0 Å². The largest absolute Gasteiger partial charge is 0.356 e. The van der Waals surface area contributed by atoms with E-state index >= 15 is 0 Å². The molecule has 0 aromatic carbocycles. The van der Waals surface area contributed by atoms with Crippen LogP contribution < -0.4 is 10.6 Å². The third-order valence-electron chi connectivity index (χ3n) is 4.41. The summed E-state index contributed by atoms with van der Waals surface area (Å²) in [7, 11) is 0. The lowest BCUT2D eigenvalue weighted by atomic mass is 9.70. The molecule has 1 heterocycles. The van der Waals surface area contributed by atoms with Gasteiger partial charge in [-0.15, -0.1) is 0 Å². The Morgan fingerprint density at radius 3 is 2.76 bits per heavy atom. The highest BCUT2D eigenvalue weighted by atomic mass is 16.1. The fourth-order valence-corrected chi connectivity index (χ4v) is 2.83. The van der Waals surface area contributed by atoms with Crippen LogP contribution in [0.15, 0.2) is 0 Å². The lowest BCUT2D eigenvalue weighted by molar-refractivity contribution is -0.122. The zero-order chi connectivity index (χ0) is 12.1. The van der Waals surface area contributed by atoms with E-state index in [4.69, 9.17) is 0 Å². The second-order valence-electron chi connectivity index (χ2n) is 6.13. The van der Waals surface area contributed by atoms with Crippen molar-refractivity contribution in [1.29, 1.82) is 0 Å². The van der Waals surface area contributed by atoms with Gasteiger partial charge in [0.15, 0.2) is 0 Å². The summed E-state index contributed by atoms with van der Waals surface area (Å²) in [5, 5.41) is 6.59. The van der Waals surface area contributed by atoms with Gasteiger partial charge < -0.3 is 10.6 Å². The molecule has 1 amide bonds. The van der Waals surface area contributed by atoms with Crippen LogP contribution in [0.3, 0.4) is 0 Å². The van der Waals surface area contributed by atoms with E-state index in [1.807, 2.05) is 0 Å². The maximum Gasteiger partial charge on any atom is 0.220 e. The summed E-state index contributed by atoms with van der Waals surface area (Å²) in [4.78, 5) is 11.7. The molecule has 1 saturated heterocycles. The standard InChI is InChI=1S/C14H26N2O/c1-14(8-4-9-14)11-16-13(17)7-6-12-5-2-3-10-15-12/h12,15H,2-11H2,1H3,(H,16,17). The SMILES string of the molecule is CC1(CNC(=O)CCC2CCCCN2)CCC1. The molecule has 98 valence electrons. The Morgan fingerprint density at radius 2 is 2.18 bits per heavy atom. The maximum absolute atomic E-state index is 11.7. The summed E-state index contributed by atoms with van der Waals surface area (Å²) < 4.78 is 0. The van der Waals surface area contributed by atoms with E-state index in [0.717, 1.165) is 19.5 Å². The van der Waals surface area contributed by atoms with Crippen LogP contribution in [-0.2, 0) is 4.79 Å². The molecule has 3 nitrogen and oxygen atoms in total. The minimum atomic E-state index is 0.241. The lowest BCUT2D eigenvalue weighted by Gasteiger charge is -2.38. The molecule has 0 bridgehead atoms. The van der Waals surface area contributed by atoms with Crippen LogP contribution >= 0.6 is 0 Å². The van der Waals surface area contributed by atoms with Crippen LogP contribution in [0, 0.1) is 5.41 Å². The Hall–Kier alpha value is -0.570. The predicted molar refractivity (Wildman–Crippen MR) is 69.8 cm³/mol. The number of piperidine rings is 1. The van der Waals surface area contributed by atoms with Crippen molar-refractivity contribution in [2.24, 2.45) is 5.41 Å². The highest BCUT2D eigenvalue weighted by Crippen LogP contribution is 2.39. The Morgan fingerprint density at radius 1 is 1.35 bits per heavy atom. The van der Waals surface area contributed by atoms with Crippen LogP contribution in [-0.4, -0.2) is 25.0 Å². The minimum absolute atomic E-state index is 0.241. The van der Waals surface area contributed by atoms with E-state index in [0.29, 0.717) is 17.9 Å². The van der Waals surface area contributed by atoms with Crippen molar-refractivity contribution < 1.29 is 4.79 Å². The van der Waals surface area contributed by atoms with Crippen molar-refractivity contribution in [3.8, 4) is 0 Å². The number of hydrogen-bond donors (Lipinski definition) is 2. The van der Waals surface area contributed by atoms with Gasteiger partial charge in [0.2, 0.25) is 5.91 Å². The van der Waals surface area contributed by atoms with Gasteiger partial charge in [0.05, 0.1) is 0 Å². The highest BCUT2D eigenvalue weighted by Gasteiger charge is 2.31. The van der Waals surface area contributed by atoms with Gasteiger partial charge >= 0.3 is 0 Å². The maximum atomic E-state index is 11.7. The quantitative estimate of drug-likeness (QED) is 0.771. The smallest absolute Gasteiger partial charge is 0.220 e. The number of carbonyl (C=O) groups excluding carboxylic acids is 1. The summed E-state index contributed by atoms with van der Waals surface area (Å²) in [6, 6.07) is 0.578. The first-order valence-electron chi connectivity index (χ1n) is 7.18. The molecular weight excluding hydrogens is 212 g/mol. The average molecular weight is 238 g/mol. The third kappa shape index (κ3) is 3.98. The van der Waals surface area contributed by atoms with Gasteiger partial charge in [-0.3, -0.25) is 4.79 Å². The first-order valence-corrected chi connectivity index (χ1v) is 7.18. The van der Waals surface area contributed by atoms with Gasteiger partial charge in [-0.1, -0.05) is 19.8 Å². The summed E-state index contributed by atoms with van der Waals surface area (Å²) in [5.74, 6) is 0.241. The number of rotatable bonds is 5. The number of hydrogen-bond acceptors (Lipinski definition) is 2. The average Bonchev–Trinajstić information content (AvgIpc) is 2.33. The fraction of sp³-hybridized carbons (Fsp3) is 0.929. The van der Waals surface area contributed by atoms with Crippen LogP contribution in [0.4, 0.5) is 0 Å². The number of carbonyl (C=O) groups is 1. The zero-order valence-electron chi connectivity index (χ0n) is 11.1. The molecule has 2 fully saturated rings. The van der Waals surface area contributed by atoms with Crippen LogP contribution in [0.5, 0.6) is 0 Å². The molecule has 2 N–H and O–H groups in total. The molecular formula is C14H26N2O. The van der Waals surface area contributed by atoms with E-state index < -0.39 is 0 Å². The second-order valence-corrected chi connectivity index (χ2v) is 6.13. The topological polar surface area (TPSA) is 41.1 Å². The summed E-state index contributed by atoms with van der Waals surface area (Å²) in [6.45, 7) is 4.29. The Balaban J connectivity index is 1.57. The molecule has 0 aromatic heterocycles. The van der Waals surface area contributed by atoms with Gasteiger partial charge in [-0.2, -0.15) is 0 Å². The van der Waals surface area contributed by atoms with Crippen molar-refractivity contribution in [1.82, 2.24) is 10.6 Å². The Kier molecular flexibility index (Phi) is 4.43. The molecule has 0 radical (unpaired) electrons. The molecule has 2 aliphatic rings. The summed E-state index contributed by atoms with van der Waals surface area (Å²) in [5.41, 5.74) is 0.402. The zero-order valence-corrected chi connectivity index (χ0v) is 11.1. The normalized spacial score (nSPS) is 27.2. The lowest BCUT2D eigenvalue weighted by Crippen LogP contribution is -2.40. The van der Waals surface area contributed by atoms with Crippen LogP contribution in [0.1, 0.15) is 58.3 Å². The molecule has 0 aromatic rings. The van der Waals surface area contributed by atoms with Gasteiger partial charge in [-0.25, -0.2) is 0 Å². The molecule has 1 saturated carbocycles. The van der Waals surface area contributed by atoms with E-state index in [-0.39, 0.29) is 5.91 Å². The molecule has 2 rings (SSSR count). The van der Waals surface area contributed by atoms with E-state index in [2.05, 4.69) is 17.6 Å². The molecule has 1 atom stereocenters. The highest BCUT2D eigenvalue weighted by molar-refractivity contribution is 5.75. The van der Waals surface area contributed by atoms with Crippen molar-refractivity contribution >= 4 is 5.91 Å². The van der Waals surface area contributed by atoms with Crippen molar-refractivity contribution in [3.63, 3.8) is 0 Å². The monoisotopic (exact) mass is 238 g/mol. The van der Waals surface area contributed by atoms with E-state index in [1.54, 1.807) is 0 Å². The number of nitrogens with one attached hydrogen (secondary N) is 2. The minimum Gasteiger partial charge on any atom is -0.356 e. The Labute approximate surface area is 105 Å². The van der Waals surface area contributed by atoms with Gasteiger partial charge in [-0.05, 0) is 44.1 Å². The number of amides is 1. The molecule has 1 aliphatic heterocycles. The molecule has 17 heavy (non-hydrogen) atoms. The molecule has 1 aliphatic carbocycles. The van der Waals surface area contributed by atoms with E-state index in [9.17, 15) is 4.79 Å². The second kappa shape index (κ2) is 5.85. The van der Waals surface area contributed by atoms with Crippen LogP contribution in [0.2, 0.25) is 0 Å². The first-order chi connectivity index (χ1) is 8.18. The van der Waals surface area contributed by atoms with Crippen molar-refractivity contribution in [2.75, 3.05) is 13.1 Å². The Bertz CT molecular complexity index is 255. The third-order valence-corrected chi connectivity index (χ3v) is 4.41. The van der Waals surface area contributed by atoms with Crippen molar-refractivity contribution in [2.45, 2.75) is 64.3 Å². The summed E-state index contributed by atoms with van der Waals surface area (Å²) >= 11 is 0. The van der Waals surface area contributed by atoms with Gasteiger partial charge in [0.25, 0.3) is 0 Å². The van der Waals surface area contributed by atoms with Crippen molar-refractivity contribution in [3.05, 3.63) is 0 Å². The predicted octanol–water partition coefficient (Wildman–Crippen LogP) is 2.22. The molecule has 1 unspecified atom stereocenters.